The molecule has 0 aliphatic carbocycles. The van der Waals surface area contributed by atoms with Gasteiger partial charge in [0.1, 0.15) is 0 Å². The van der Waals surface area contributed by atoms with Crippen LogP contribution < -0.4 is 0 Å². The molecule has 0 radical (unpaired) electrons. The van der Waals surface area contributed by atoms with Crippen molar-refractivity contribution in [3.63, 3.8) is 0 Å². The quantitative estimate of drug-likeness (QED) is 0.621. The number of allylic oxidation sites excluding steroid dienone is 1. The third-order valence-corrected chi connectivity index (χ3v) is 1.39. The van der Waals surface area contributed by atoms with Crippen LogP contribution in [-0.4, -0.2) is 4.89 Å². The van der Waals surface area contributed by atoms with Gasteiger partial charge in [-0.15, -0.1) is 0 Å². The Hall–Kier alpha value is -0.0700. The summed E-state index contributed by atoms with van der Waals surface area (Å²) in [6, 6.07) is 0. The molecule has 0 aliphatic rings. The first-order valence-electron chi connectivity index (χ1n) is 3.02. The second kappa shape index (κ2) is 4.78. The zero-order valence-electron chi connectivity index (χ0n) is 5.79. The first-order chi connectivity index (χ1) is 4.13. The molecule has 0 spiro atoms. The van der Waals surface area contributed by atoms with Gasteiger partial charge >= 0.3 is 0 Å². The van der Waals surface area contributed by atoms with Gasteiger partial charge in [0.05, 0.1) is 0 Å². The van der Waals surface area contributed by atoms with Crippen molar-refractivity contribution in [2.75, 3.05) is 0 Å². The molecule has 0 amide bonds. The van der Waals surface area contributed by atoms with Gasteiger partial charge < -0.3 is 4.89 Å². The third kappa shape index (κ3) is 7.93. The molecule has 0 heterocycles. The van der Waals surface area contributed by atoms with Crippen molar-refractivity contribution in [2.45, 2.75) is 20.3 Å². The summed E-state index contributed by atoms with van der Waals surface area (Å²) >= 11 is 0. The standard InChI is InChI=1S/C6H13O2P/c1-6(2)4-3-5-9(7)8/h3,5-6,9H,4H2,1-2H3,(H,7,8). The van der Waals surface area contributed by atoms with E-state index in [9.17, 15) is 4.57 Å². The Bertz CT molecular complexity index is 118. The Morgan fingerprint density at radius 3 is 2.56 bits per heavy atom. The largest absolute Gasteiger partial charge is 0.344 e. The lowest BCUT2D eigenvalue weighted by Crippen LogP contribution is -1.79. The summed E-state index contributed by atoms with van der Waals surface area (Å²) in [6.07, 6.45) is 2.64. The maximum absolute atomic E-state index is 10.1. The summed E-state index contributed by atoms with van der Waals surface area (Å²) in [7, 11) is -2.36. The van der Waals surface area contributed by atoms with Crippen molar-refractivity contribution in [1.82, 2.24) is 0 Å². The van der Waals surface area contributed by atoms with Crippen molar-refractivity contribution in [1.29, 1.82) is 0 Å². The van der Waals surface area contributed by atoms with Gasteiger partial charge in [-0.1, -0.05) is 19.9 Å². The lowest BCUT2D eigenvalue weighted by molar-refractivity contribution is 0.512. The molecule has 0 rings (SSSR count). The second-order valence-electron chi connectivity index (χ2n) is 2.37. The molecule has 0 aromatic carbocycles. The molecule has 1 unspecified atom stereocenters. The molecular formula is C6H13O2P. The summed E-state index contributed by atoms with van der Waals surface area (Å²) in [6.45, 7) is 4.14. The van der Waals surface area contributed by atoms with E-state index in [-0.39, 0.29) is 0 Å². The highest BCUT2D eigenvalue weighted by Crippen LogP contribution is 2.15. The average molecular weight is 148 g/mol. The fourth-order valence-corrected chi connectivity index (χ4v) is 0.779. The molecule has 2 nitrogen and oxygen atoms in total. The molecule has 1 atom stereocenters. The smallest absolute Gasteiger partial charge is 0.210 e. The van der Waals surface area contributed by atoms with Gasteiger partial charge in [-0.05, 0) is 18.2 Å². The minimum absolute atomic E-state index is 0.572. The van der Waals surface area contributed by atoms with Crippen LogP contribution in [0.25, 0.3) is 0 Å². The molecule has 0 aromatic rings. The van der Waals surface area contributed by atoms with Crippen LogP contribution in [0.1, 0.15) is 20.3 Å². The van der Waals surface area contributed by atoms with Crippen LogP contribution in [0.15, 0.2) is 11.9 Å². The van der Waals surface area contributed by atoms with E-state index in [1.807, 2.05) is 0 Å². The SMILES string of the molecule is CC(C)CC=C[PH](=O)O. The van der Waals surface area contributed by atoms with Gasteiger partial charge in [-0.2, -0.15) is 0 Å². The Balaban J connectivity index is 3.36. The molecule has 0 fully saturated rings. The Labute approximate surface area is 56.5 Å². The Morgan fingerprint density at radius 1 is 1.67 bits per heavy atom. The van der Waals surface area contributed by atoms with E-state index in [1.165, 1.54) is 5.82 Å². The first kappa shape index (κ1) is 8.93. The van der Waals surface area contributed by atoms with Gasteiger partial charge in [0.15, 0.2) is 0 Å². The number of rotatable bonds is 3. The fraction of sp³-hybridized carbons (Fsp3) is 0.667. The van der Waals surface area contributed by atoms with E-state index in [1.54, 1.807) is 6.08 Å². The molecule has 0 saturated carbocycles. The highest BCUT2D eigenvalue weighted by molar-refractivity contribution is 7.41. The summed E-state index contributed by atoms with van der Waals surface area (Å²) in [5, 5.41) is 0. The number of hydrogen-bond donors (Lipinski definition) is 1. The van der Waals surface area contributed by atoms with Gasteiger partial charge in [-0.25, -0.2) is 0 Å². The highest BCUT2D eigenvalue weighted by atomic mass is 31.1. The van der Waals surface area contributed by atoms with Crippen molar-refractivity contribution < 1.29 is 9.46 Å². The average Bonchev–Trinajstić information content (AvgIpc) is 1.63. The van der Waals surface area contributed by atoms with Crippen molar-refractivity contribution in [3.8, 4) is 0 Å². The Kier molecular flexibility index (Phi) is 4.74. The third-order valence-electron chi connectivity index (χ3n) is 0.868. The lowest BCUT2D eigenvalue weighted by Gasteiger charge is -1.94. The van der Waals surface area contributed by atoms with Crippen LogP contribution in [0.4, 0.5) is 0 Å². The van der Waals surface area contributed by atoms with Crippen LogP contribution in [0.3, 0.4) is 0 Å². The maximum atomic E-state index is 10.1. The van der Waals surface area contributed by atoms with E-state index in [2.05, 4.69) is 13.8 Å². The maximum Gasteiger partial charge on any atom is 0.210 e. The van der Waals surface area contributed by atoms with Gasteiger partial charge in [0.2, 0.25) is 8.03 Å². The number of hydrogen-bond acceptors (Lipinski definition) is 1. The zero-order chi connectivity index (χ0) is 7.28. The van der Waals surface area contributed by atoms with Crippen LogP contribution >= 0.6 is 8.03 Å². The van der Waals surface area contributed by atoms with Crippen LogP contribution in [0.2, 0.25) is 0 Å². The van der Waals surface area contributed by atoms with E-state index >= 15 is 0 Å². The van der Waals surface area contributed by atoms with Gasteiger partial charge in [0.25, 0.3) is 0 Å². The highest BCUT2D eigenvalue weighted by Gasteiger charge is 1.87. The summed E-state index contributed by atoms with van der Waals surface area (Å²) < 4.78 is 10.1. The topological polar surface area (TPSA) is 37.3 Å². The summed E-state index contributed by atoms with van der Waals surface area (Å²) in [5.74, 6) is 1.94. The first-order valence-corrected chi connectivity index (χ1v) is 4.45. The molecule has 54 valence electrons. The van der Waals surface area contributed by atoms with Crippen LogP contribution in [-0.2, 0) is 4.57 Å². The lowest BCUT2D eigenvalue weighted by atomic mass is 10.1. The normalized spacial score (nSPS) is 15.1. The Morgan fingerprint density at radius 2 is 2.22 bits per heavy atom. The molecular weight excluding hydrogens is 135 g/mol. The van der Waals surface area contributed by atoms with Gasteiger partial charge in [0, 0.05) is 0 Å². The molecule has 3 heteroatoms. The monoisotopic (exact) mass is 148 g/mol. The van der Waals surface area contributed by atoms with Crippen molar-refractivity contribution in [3.05, 3.63) is 11.9 Å². The minimum Gasteiger partial charge on any atom is -0.344 e. The molecule has 0 bridgehead atoms. The molecule has 0 aromatic heterocycles. The molecule has 0 aliphatic heterocycles. The summed E-state index contributed by atoms with van der Waals surface area (Å²) in [4.78, 5) is 8.32. The molecule has 0 saturated heterocycles. The van der Waals surface area contributed by atoms with E-state index in [0.29, 0.717) is 5.92 Å². The predicted octanol–water partition coefficient (Wildman–Crippen LogP) is 2.01. The van der Waals surface area contributed by atoms with Crippen LogP contribution in [0.5, 0.6) is 0 Å². The molecule has 9 heavy (non-hydrogen) atoms. The van der Waals surface area contributed by atoms with Crippen molar-refractivity contribution >= 4 is 8.03 Å². The second-order valence-corrected chi connectivity index (χ2v) is 3.38. The van der Waals surface area contributed by atoms with Crippen molar-refractivity contribution in [2.24, 2.45) is 5.92 Å². The van der Waals surface area contributed by atoms with E-state index in [4.69, 9.17) is 4.89 Å². The van der Waals surface area contributed by atoms with E-state index < -0.39 is 8.03 Å². The van der Waals surface area contributed by atoms with Crippen LogP contribution in [0, 0.1) is 5.92 Å². The molecule has 1 N–H and O–H groups in total. The summed E-state index contributed by atoms with van der Waals surface area (Å²) in [5.41, 5.74) is 0. The zero-order valence-corrected chi connectivity index (χ0v) is 6.79. The fourth-order valence-electron chi connectivity index (χ4n) is 0.441. The van der Waals surface area contributed by atoms with E-state index in [0.717, 1.165) is 6.42 Å². The predicted molar refractivity (Wildman–Crippen MR) is 39.8 cm³/mol. The van der Waals surface area contributed by atoms with Gasteiger partial charge in [-0.3, -0.25) is 4.57 Å². The minimum atomic E-state index is -2.36.